The summed E-state index contributed by atoms with van der Waals surface area (Å²) in [6.07, 6.45) is 4.64. The number of carbonyl (C=O) groups is 1. The van der Waals surface area contributed by atoms with Gasteiger partial charge in [-0.1, -0.05) is 13.8 Å². The molecule has 1 saturated carbocycles. The normalized spacial score (nSPS) is 26.8. The third kappa shape index (κ3) is 3.42. The topological polar surface area (TPSA) is 71.4 Å². The van der Waals surface area contributed by atoms with Crippen molar-refractivity contribution in [2.24, 2.45) is 12.5 Å². The number of aromatic nitrogens is 2. The van der Waals surface area contributed by atoms with Crippen LogP contribution in [0.2, 0.25) is 0 Å². The van der Waals surface area contributed by atoms with Crippen molar-refractivity contribution >= 4 is 6.03 Å². The molecule has 2 rings (SSSR count). The predicted octanol–water partition coefficient (Wildman–Crippen LogP) is 1.53. The molecule has 3 atom stereocenters. The molecule has 0 aliphatic heterocycles. The van der Waals surface area contributed by atoms with E-state index in [2.05, 4.69) is 41.4 Å². The van der Waals surface area contributed by atoms with Crippen LogP contribution >= 0.6 is 0 Å². The molecule has 0 saturated heterocycles. The molecule has 1 fully saturated rings. The van der Waals surface area contributed by atoms with Gasteiger partial charge in [-0.15, -0.1) is 0 Å². The highest BCUT2D eigenvalue weighted by molar-refractivity contribution is 5.74. The van der Waals surface area contributed by atoms with Crippen LogP contribution in [0.25, 0.3) is 0 Å². The third-order valence-corrected chi connectivity index (χ3v) is 5.77. The van der Waals surface area contributed by atoms with Crippen molar-refractivity contribution in [1.82, 2.24) is 25.3 Å². The van der Waals surface area contributed by atoms with Crippen LogP contribution in [-0.4, -0.2) is 60.1 Å². The van der Waals surface area contributed by atoms with Crippen LogP contribution in [0.15, 0.2) is 12.4 Å². The zero-order valence-corrected chi connectivity index (χ0v) is 15.9. The number of hydrogen-bond acceptors (Lipinski definition) is 4. The standard InChI is InChI=1S/C17H31N5O2/c1-16(2)14(8-17(16,3)24-7)20-15(23)18-10-13(21(4)5)12-9-19-22(6)11-12/h9,11,13-14H,8,10H2,1-7H3,(H2,18,20,23). The molecular weight excluding hydrogens is 306 g/mol. The Balaban J connectivity index is 1.89. The number of carbonyl (C=O) groups excluding carboxylic acids is 1. The summed E-state index contributed by atoms with van der Waals surface area (Å²) in [6.45, 7) is 6.87. The Morgan fingerprint density at radius 1 is 1.50 bits per heavy atom. The van der Waals surface area contributed by atoms with E-state index in [0.29, 0.717) is 6.54 Å². The Morgan fingerprint density at radius 3 is 2.62 bits per heavy atom. The molecule has 1 aliphatic rings. The summed E-state index contributed by atoms with van der Waals surface area (Å²) >= 11 is 0. The maximum absolute atomic E-state index is 12.3. The van der Waals surface area contributed by atoms with E-state index in [9.17, 15) is 4.79 Å². The van der Waals surface area contributed by atoms with Gasteiger partial charge in [0, 0.05) is 43.9 Å². The van der Waals surface area contributed by atoms with Crippen molar-refractivity contribution in [2.45, 2.75) is 44.9 Å². The Morgan fingerprint density at radius 2 is 2.17 bits per heavy atom. The van der Waals surface area contributed by atoms with E-state index < -0.39 is 0 Å². The first-order valence-electron chi connectivity index (χ1n) is 8.35. The van der Waals surface area contributed by atoms with Crippen LogP contribution in [0.5, 0.6) is 0 Å². The third-order valence-electron chi connectivity index (χ3n) is 5.77. The van der Waals surface area contributed by atoms with E-state index in [-0.39, 0.29) is 29.1 Å². The summed E-state index contributed by atoms with van der Waals surface area (Å²) < 4.78 is 7.38. The highest BCUT2D eigenvalue weighted by Gasteiger charge is 2.58. The second kappa shape index (κ2) is 6.72. The lowest BCUT2D eigenvalue weighted by molar-refractivity contribution is -0.177. The Labute approximate surface area is 144 Å². The van der Waals surface area contributed by atoms with Crippen molar-refractivity contribution < 1.29 is 9.53 Å². The molecule has 0 bridgehead atoms. The van der Waals surface area contributed by atoms with Crippen molar-refractivity contribution in [1.29, 1.82) is 0 Å². The van der Waals surface area contributed by atoms with E-state index in [0.717, 1.165) is 12.0 Å². The van der Waals surface area contributed by atoms with Gasteiger partial charge >= 0.3 is 6.03 Å². The fraction of sp³-hybridized carbons (Fsp3) is 0.765. The second-order valence-corrected chi connectivity index (χ2v) is 7.69. The number of ether oxygens (including phenoxy) is 1. The molecule has 0 radical (unpaired) electrons. The lowest BCUT2D eigenvalue weighted by Crippen LogP contribution is -2.69. The molecule has 2 amide bonds. The molecule has 2 N–H and O–H groups in total. The zero-order valence-electron chi connectivity index (χ0n) is 15.9. The molecule has 24 heavy (non-hydrogen) atoms. The summed E-state index contributed by atoms with van der Waals surface area (Å²) in [5.41, 5.74) is 0.801. The molecule has 1 aromatic heterocycles. The van der Waals surface area contributed by atoms with Gasteiger partial charge < -0.3 is 20.3 Å². The van der Waals surface area contributed by atoms with E-state index >= 15 is 0 Å². The molecule has 7 nitrogen and oxygen atoms in total. The van der Waals surface area contributed by atoms with Gasteiger partial charge in [0.1, 0.15) is 0 Å². The van der Waals surface area contributed by atoms with Crippen LogP contribution in [0.3, 0.4) is 0 Å². The van der Waals surface area contributed by atoms with E-state index in [4.69, 9.17) is 4.74 Å². The number of nitrogens with zero attached hydrogens (tertiary/aromatic N) is 3. The molecule has 0 spiro atoms. The Kier molecular flexibility index (Phi) is 5.25. The first-order chi connectivity index (χ1) is 11.1. The Hall–Kier alpha value is -1.60. The van der Waals surface area contributed by atoms with Gasteiger partial charge in [-0.2, -0.15) is 5.10 Å². The summed E-state index contributed by atoms with van der Waals surface area (Å²) in [5, 5.41) is 10.3. The van der Waals surface area contributed by atoms with Crippen LogP contribution < -0.4 is 10.6 Å². The van der Waals surface area contributed by atoms with Gasteiger partial charge in [0.2, 0.25) is 0 Å². The van der Waals surface area contributed by atoms with Crippen molar-refractivity contribution in [2.75, 3.05) is 27.7 Å². The molecular formula is C17H31N5O2. The van der Waals surface area contributed by atoms with Gasteiger partial charge in [-0.25, -0.2) is 4.79 Å². The lowest BCUT2D eigenvalue weighted by atomic mass is 9.56. The quantitative estimate of drug-likeness (QED) is 0.826. The summed E-state index contributed by atoms with van der Waals surface area (Å²) in [4.78, 5) is 14.4. The highest BCUT2D eigenvalue weighted by atomic mass is 16.5. The monoisotopic (exact) mass is 337 g/mol. The minimum absolute atomic E-state index is 0.0862. The maximum atomic E-state index is 12.3. The van der Waals surface area contributed by atoms with Gasteiger partial charge in [0.05, 0.1) is 17.8 Å². The van der Waals surface area contributed by atoms with E-state index in [1.54, 1.807) is 11.8 Å². The van der Waals surface area contributed by atoms with Crippen molar-refractivity contribution in [3.05, 3.63) is 18.0 Å². The van der Waals surface area contributed by atoms with Gasteiger partial charge in [-0.05, 0) is 27.4 Å². The fourth-order valence-electron chi connectivity index (χ4n) is 3.33. The molecule has 3 unspecified atom stereocenters. The van der Waals surface area contributed by atoms with Crippen molar-refractivity contribution in [3.8, 4) is 0 Å². The molecule has 1 heterocycles. The zero-order chi connectivity index (χ0) is 18.1. The predicted molar refractivity (Wildman–Crippen MR) is 93.8 cm³/mol. The summed E-state index contributed by atoms with van der Waals surface area (Å²) in [7, 11) is 7.61. The minimum atomic E-state index is -0.188. The number of amides is 2. The SMILES string of the molecule is COC1(C)CC(NC(=O)NCC(c2cnn(C)c2)N(C)C)C1(C)C. The molecule has 136 valence electrons. The van der Waals surface area contributed by atoms with Crippen LogP contribution in [-0.2, 0) is 11.8 Å². The number of hydrogen-bond donors (Lipinski definition) is 2. The number of aryl methyl sites for hydroxylation is 1. The van der Waals surface area contributed by atoms with Gasteiger partial charge in [-0.3, -0.25) is 4.68 Å². The summed E-state index contributed by atoms with van der Waals surface area (Å²) in [5.74, 6) is 0. The number of likely N-dealkylation sites (N-methyl/N-ethyl adjacent to an activating group) is 1. The van der Waals surface area contributed by atoms with Crippen LogP contribution in [0.4, 0.5) is 4.79 Å². The van der Waals surface area contributed by atoms with Gasteiger partial charge in [0.15, 0.2) is 0 Å². The average Bonchev–Trinajstić information content (AvgIpc) is 2.92. The van der Waals surface area contributed by atoms with E-state index in [1.165, 1.54) is 0 Å². The number of rotatable bonds is 6. The largest absolute Gasteiger partial charge is 0.378 e. The summed E-state index contributed by atoms with van der Waals surface area (Å²) in [6, 6.07) is 0.0590. The molecule has 1 aliphatic carbocycles. The minimum Gasteiger partial charge on any atom is -0.378 e. The second-order valence-electron chi connectivity index (χ2n) is 7.69. The number of urea groups is 1. The van der Waals surface area contributed by atoms with Gasteiger partial charge in [0.25, 0.3) is 0 Å². The van der Waals surface area contributed by atoms with Crippen LogP contribution in [0, 0.1) is 5.41 Å². The highest BCUT2D eigenvalue weighted by Crippen LogP contribution is 2.51. The Bertz CT molecular complexity index is 583. The van der Waals surface area contributed by atoms with Crippen LogP contribution in [0.1, 0.15) is 38.8 Å². The molecule has 0 aromatic carbocycles. The number of nitrogens with one attached hydrogen (secondary N) is 2. The lowest BCUT2D eigenvalue weighted by Gasteiger charge is -2.59. The maximum Gasteiger partial charge on any atom is 0.315 e. The molecule has 1 aromatic rings. The average molecular weight is 337 g/mol. The first-order valence-corrected chi connectivity index (χ1v) is 8.35. The number of methoxy groups -OCH3 is 1. The first kappa shape index (κ1) is 18.7. The molecule has 7 heteroatoms. The fourth-order valence-corrected chi connectivity index (χ4v) is 3.33. The van der Waals surface area contributed by atoms with E-state index in [1.807, 2.05) is 33.5 Å². The van der Waals surface area contributed by atoms with Crippen molar-refractivity contribution in [3.63, 3.8) is 0 Å². The smallest absolute Gasteiger partial charge is 0.315 e.